The van der Waals surface area contributed by atoms with E-state index in [0.29, 0.717) is 21.4 Å². The Morgan fingerprint density at radius 1 is 1.09 bits per heavy atom. The maximum Gasteiger partial charge on any atom is 0.387 e. The van der Waals surface area contributed by atoms with Crippen LogP contribution in [0.3, 0.4) is 0 Å². The van der Waals surface area contributed by atoms with Crippen molar-refractivity contribution in [2.75, 3.05) is 10.6 Å². The fraction of sp³-hybridized carbons (Fsp3) is 0.133. The lowest BCUT2D eigenvalue weighted by atomic mass is 10.2. The molecular weight excluding hydrogens is 365 g/mol. The highest BCUT2D eigenvalue weighted by molar-refractivity contribution is 7.80. The molecule has 122 valence electrons. The molecule has 2 aromatic carbocycles. The van der Waals surface area contributed by atoms with Gasteiger partial charge in [-0.05, 0) is 55.0 Å². The zero-order valence-corrected chi connectivity index (χ0v) is 14.2. The fourth-order valence-electron chi connectivity index (χ4n) is 1.84. The minimum absolute atomic E-state index is 0.00766. The fourth-order valence-corrected chi connectivity index (χ4v) is 2.59. The molecule has 0 unspecified atom stereocenters. The van der Waals surface area contributed by atoms with E-state index >= 15 is 0 Å². The van der Waals surface area contributed by atoms with Gasteiger partial charge in [0.05, 0.1) is 5.69 Å². The van der Waals surface area contributed by atoms with Crippen LogP contribution < -0.4 is 15.4 Å². The molecule has 0 aliphatic heterocycles. The van der Waals surface area contributed by atoms with Gasteiger partial charge in [0.1, 0.15) is 5.75 Å². The van der Waals surface area contributed by atoms with Crippen molar-refractivity contribution in [2.45, 2.75) is 13.5 Å². The average Bonchev–Trinajstić information content (AvgIpc) is 2.40. The average molecular weight is 377 g/mol. The van der Waals surface area contributed by atoms with Crippen LogP contribution in [0.4, 0.5) is 20.2 Å². The monoisotopic (exact) mass is 376 g/mol. The van der Waals surface area contributed by atoms with Crippen molar-refractivity contribution in [1.29, 1.82) is 0 Å². The zero-order chi connectivity index (χ0) is 17.0. The number of anilines is 2. The van der Waals surface area contributed by atoms with Crippen molar-refractivity contribution in [3.63, 3.8) is 0 Å². The SMILES string of the molecule is Cc1ccc(NC(=S)Nc2cc(Cl)cc(Cl)c2)c(OC(F)F)c1. The smallest absolute Gasteiger partial charge is 0.387 e. The van der Waals surface area contributed by atoms with Crippen LogP contribution in [0.1, 0.15) is 5.56 Å². The highest BCUT2D eigenvalue weighted by Crippen LogP contribution is 2.28. The summed E-state index contributed by atoms with van der Waals surface area (Å²) in [5.41, 5.74) is 1.68. The second-order valence-electron chi connectivity index (χ2n) is 4.62. The highest BCUT2D eigenvalue weighted by Gasteiger charge is 2.11. The molecule has 2 aromatic rings. The molecule has 0 saturated heterocycles. The molecule has 0 bridgehead atoms. The van der Waals surface area contributed by atoms with E-state index in [0.717, 1.165) is 5.56 Å². The van der Waals surface area contributed by atoms with E-state index in [1.54, 1.807) is 37.3 Å². The number of benzene rings is 2. The standard InChI is InChI=1S/C15H12Cl2F2N2OS/c1-8-2-3-12(13(4-8)22-14(18)19)21-15(23)20-11-6-9(16)5-10(17)7-11/h2-7,14H,1H3,(H2,20,21,23). The summed E-state index contributed by atoms with van der Waals surface area (Å²) >= 11 is 17.0. The first-order valence-corrected chi connectivity index (χ1v) is 7.59. The maximum absolute atomic E-state index is 12.5. The first-order chi connectivity index (χ1) is 10.8. The summed E-state index contributed by atoms with van der Waals surface area (Å²) in [6.07, 6.45) is 0. The van der Waals surface area contributed by atoms with Crippen LogP contribution in [0, 0.1) is 6.92 Å². The number of halogens is 4. The first-order valence-electron chi connectivity index (χ1n) is 6.43. The van der Waals surface area contributed by atoms with Crippen LogP contribution in [-0.4, -0.2) is 11.7 Å². The molecule has 0 aliphatic carbocycles. The van der Waals surface area contributed by atoms with E-state index in [1.165, 1.54) is 6.07 Å². The third kappa shape index (κ3) is 5.49. The molecule has 0 amide bonds. The molecule has 0 fully saturated rings. The van der Waals surface area contributed by atoms with E-state index in [-0.39, 0.29) is 10.9 Å². The molecule has 0 aliphatic rings. The Bertz CT molecular complexity index is 708. The van der Waals surface area contributed by atoms with E-state index < -0.39 is 6.61 Å². The largest absolute Gasteiger partial charge is 0.433 e. The summed E-state index contributed by atoms with van der Waals surface area (Å²) in [6, 6.07) is 9.69. The normalized spacial score (nSPS) is 10.5. The number of nitrogens with one attached hydrogen (secondary N) is 2. The Hall–Kier alpha value is -1.63. The maximum atomic E-state index is 12.5. The van der Waals surface area contributed by atoms with Crippen molar-refractivity contribution in [2.24, 2.45) is 0 Å². The van der Waals surface area contributed by atoms with Crippen LogP contribution in [0.5, 0.6) is 5.75 Å². The molecule has 0 aromatic heterocycles. The van der Waals surface area contributed by atoms with E-state index in [4.69, 9.17) is 35.4 Å². The molecule has 0 heterocycles. The van der Waals surface area contributed by atoms with E-state index in [9.17, 15) is 8.78 Å². The first kappa shape index (κ1) is 17.7. The Kier molecular flexibility index (Phi) is 5.98. The van der Waals surface area contributed by atoms with Crippen molar-refractivity contribution < 1.29 is 13.5 Å². The van der Waals surface area contributed by atoms with Gasteiger partial charge in [0.25, 0.3) is 0 Å². The number of hydrogen-bond acceptors (Lipinski definition) is 2. The Morgan fingerprint density at radius 2 is 1.74 bits per heavy atom. The lowest BCUT2D eigenvalue weighted by molar-refractivity contribution is -0.0493. The van der Waals surface area contributed by atoms with Gasteiger partial charge in [-0.25, -0.2) is 0 Å². The van der Waals surface area contributed by atoms with Gasteiger partial charge in [0.15, 0.2) is 5.11 Å². The van der Waals surface area contributed by atoms with Crippen molar-refractivity contribution >= 4 is 51.9 Å². The molecule has 0 spiro atoms. The van der Waals surface area contributed by atoms with Crippen LogP contribution >= 0.6 is 35.4 Å². The second kappa shape index (κ2) is 7.77. The van der Waals surface area contributed by atoms with Gasteiger partial charge in [-0.15, -0.1) is 0 Å². The number of aryl methyl sites for hydroxylation is 1. The quantitative estimate of drug-likeness (QED) is 0.669. The van der Waals surface area contributed by atoms with Gasteiger partial charge in [0.2, 0.25) is 0 Å². The molecular formula is C15H12Cl2F2N2OS. The predicted octanol–water partition coefficient (Wildman–Crippen LogP) is 5.71. The summed E-state index contributed by atoms with van der Waals surface area (Å²) in [5, 5.41) is 6.76. The minimum Gasteiger partial charge on any atom is -0.433 e. The van der Waals surface area contributed by atoms with E-state index in [1.807, 2.05) is 0 Å². The Morgan fingerprint density at radius 3 is 2.35 bits per heavy atom. The lowest BCUT2D eigenvalue weighted by Crippen LogP contribution is -2.20. The number of alkyl halides is 2. The van der Waals surface area contributed by atoms with Gasteiger partial charge in [-0.2, -0.15) is 8.78 Å². The van der Waals surface area contributed by atoms with Crippen LogP contribution in [-0.2, 0) is 0 Å². The number of thiocarbonyl (C=S) groups is 1. The predicted molar refractivity (Wildman–Crippen MR) is 94.1 cm³/mol. The summed E-state index contributed by atoms with van der Waals surface area (Å²) in [7, 11) is 0. The number of rotatable bonds is 4. The molecule has 2 rings (SSSR count). The van der Waals surface area contributed by atoms with Crippen LogP contribution in [0.25, 0.3) is 0 Å². The summed E-state index contributed by atoms with van der Waals surface area (Å²) < 4.78 is 29.4. The van der Waals surface area contributed by atoms with Gasteiger partial charge in [0, 0.05) is 15.7 Å². The zero-order valence-electron chi connectivity index (χ0n) is 11.9. The molecule has 2 N–H and O–H groups in total. The molecule has 8 heteroatoms. The van der Waals surface area contributed by atoms with Gasteiger partial charge < -0.3 is 15.4 Å². The number of ether oxygens (including phenoxy) is 1. The number of hydrogen-bond donors (Lipinski definition) is 2. The van der Waals surface area contributed by atoms with Crippen molar-refractivity contribution in [3.8, 4) is 5.75 Å². The minimum atomic E-state index is -2.93. The second-order valence-corrected chi connectivity index (χ2v) is 5.90. The van der Waals surface area contributed by atoms with Crippen molar-refractivity contribution in [3.05, 3.63) is 52.0 Å². The Balaban J connectivity index is 2.13. The molecule has 23 heavy (non-hydrogen) atoms. The van der Waals surface area contributed by atoms with Crippen molar-refractivity contribution in [1.82, 2.24) is 0 Å². The van der Waals surface area contributed by atoms with Crippen LogP contribution in [0.2, 0.25) is 10.0 Å². The summed E-state index contributed by atoms with van der Waals surface area (Å²) in [5.74, 6) is 0.00766. The third-order valence-electron chi connectivity index (χ3n) is 2.72. The lowest BCUT2D eigenvalue weighted by Gasteiger charge is -2.15. The highest BCUT2D eigenvalue weighted by atomic mass is 35.5. The van der Waals surface area contributed by atoms with Gasteiger partial charge in [-0.1, -0.05) is 29.3 Å². The Labute approximate surface area is 147 Å². The molecule has 0 atom stereocenters. The van der Waals surface area contributed by atoms with Gasteiger partial charge in [-0.3, -0.25) is 0 Å². The summed E-state index contributed by atoms with van der Waals surface area (Å²) in [6.45, 7) is -1.15. The topological polar surface area (TPSA) is 33.3 Å². The molecule has 3 nitrogen and oxygen atoms in total. The van der Waals surface area contributed by atoms with Crippen LogP contribution in [0.15, 0.2) is 36.4 Å². The van der Waals surface area contributed by atoms with E-state index in [2.05, 4.69) is 15.4 Å². The molecule has 0 radical (unpaired) electrons. The summed E-state index contributed by atoms with van der Waals surface area (Å²) in [4.78, 5) is 0. The molecule has 0 saturated carbocycles. The third-order valence-corrected chi connectivity index (χ3v) is 3.36. The van der Waals surface area contributed by atoms with Gasteiger partial charge >= 0.3 is 6.61 Å².